The molecule has 2 aromatic rings. The number of fused-ring (bicyclic) bond motifs is 1. The molecule has 0 aromatic carbocycles. The summed E-state index contributed by atoms with van der Waals surface area (Å²) < 4.78 is 1.44. The average Bonchev–Trinajstić information content (AvgIpc) is 2.59. The lowest BCUT2D eigenvalue weighted by atomic mass is 10.4. The van der Waals surface area contributed by atoms with Gasteiger partial charge in [-0.15, -0.1) is 11.8 Å². The first-order valence-electron chi connectivity index (χ1n) is 3.85. The third-order valence-electron chi connectivity index (χ3n) is 1.92. The normalized spacial score (nSPS) is 10.9. The Balaban J connectivity index is 2.92. The summed E-state index contributed by atoms with van der Waals surface area (Å²) >= 11 is 1.49. The van der Waals surface area contributed by atoms with Gasteiger partial charge in [-0.1, -0.05) is 0 Å². The Labute approximate surface area is 79.0 Å². The molecule has 0 amide bonds. The molecule has 0 aliphatic rings. The first kappa shape index (κ1) is 8.37. The van der Waals surface area contributed by atoms with Crippen molar-refractivity contribution in [1.82, 2.24) is 14.6 Å². The third kappa shape index (κ3) is 1.16. The highest BCUT2D eigenvalue weighted by Gasteiger charge is 2.07. The van der Waals surface area contributed by atoms with E-state index in [1.165, 1.54) is 16.3 Å². The summed E-state index contributed by atoms with van der Waals surface area (Å²) in [5.41, 5.74) is 1.33. The highest BCUT2D eigenvalue weighted by Crippen LogP contribution is 2.14. The van der Waals surface area contributed by atoms with Gasteiger partial charge in [-0.05, 0) is 13.2 Å². The van der Waals surface area contributed by atoms with Gasteiger partial charge >= 0.3 is 0 Å². The average molecular weight is 195 g/mol. The van der Waals surface area contributed by atoms with E-state index in [0.717, 1.165) is 5.03 Å². The summed E-state index contributed by atoms with van der Waals surface area (Å²) in [7, 11) is 0. The number of hydrogen-bond donors (Lipinski definition) is 1. The number of aromatic nitrogens is 3. The van der Waals surface area contributed by atoms with E-state index in [9.17, 15) is 4.79 Å². The largest absolute Gasteiger partial charge is 0.297 e. The van der Waals surface area contributed by atoms with E-state index in [0.29, 0.717) is 11.2 Å². The van der Waals surface area contributed by atoms with Gasteiger partial charge in [0.1, 0.15) is 5.03 Å². The maximum Gasteiger partial charge on any atom is 0.276 e. The first-order valence-corrected chi connectivity index (χ1v) is 5.07. The summed E-state index contributed by atoms with van der Waals surface area (Å²) in [5, 5.41) is 3.61. The van der Waals surface area contributed by atoms with Gasteiger partial charge in [0.2, 0.25) is 0 Å². The van der Waals surface area contributed by atoms with E-state index < -0.39 is 0 Å². The second kappa shape index (κ2) is 2.92. The summed E-state index contributed by atoms with van der Waals surface area (Å²) in [6.45, 7) is 1.79. The molecule has 4 nitrogen and oxygen atoms in total. The van der Waals surface area contributed by atoms with Crippen LogP contribution in [0.1, 0.15) is 5.56 Å². The van der Waals surface area contributed by atoms with Crippen molar-refractivity contribution in [3.63, 3.8) is 0 Å². The summed E-state index contributed by atoms with van der Waals surface area (Å²) in [5.74, 6) is 0. The van der Waals surface area contributed by atoms with E-state index in [1.54, 1.807) is 19.2 Å². The first-order chi connectivity index (χ1) is 6.24. The van der Waals surface area contributed by atoms with Crippen LogP contribution in [0.5, 0.6) is 0 Å². The summed E-state index contributed by atoms with van der Waals surface area (Å²) in [6.07, 6.45) is 3.62. The Hall–Kier alpha value is -1.23. The van der Waals surface area contributed by atoms with Crippen LogP contribution in [-0.2, 0) is 0 Å². The molecular formula is C8H9N3OS. The van der Waals surface area contributed by atoms with Crippen molar-refractivity contribution >= 4 is 17.4 Å². The van der Waals surface area contributed by atoms with Crippen LogP contribution in [0, 0.1) is 6.92 Å². The number of aromatic amines is 1. The minimum Gasteiger partial charge on any atom is -0.297 e. The molecule has 2 rings (SSSR count). The van der Waals surface area contributed by atoms with Crippen LogP contribution in [0.2, 0.25) is 0 Å². The van der Waals surface area contributed by atoms with Crippen molar-refractivity contribution in [2.75, 3.05) is 6.26 Å². The maximum atomic E-state index is 11.6. The fourth-order valence-corrected chi connectivity index (χ4v) is 1.80. The van der Waals surface area contributed by atoms with Gasteiger partial charge in [-0.25, -0.2) is 9.50 Å². The van der Waals surface area contributed by atoms with Gasteiger partial charge in [0.15, 0.2) is 5.65 Å². The van der Waals surface area contributed by atoms with Gasteiger partial charge in [0.25, 0.3) is 5.56 Å². The molecule has 0 saturated carbocycles. The molecule has 0 spiro atoms. The maximum absolute atomic E-state index is 11.6. The smallest absolute Gasteiger partial charge is 0.276 e. The molecule has 5 heteroatoms. The molecule has 0 unspecified atom stereocenters. The van der Waals surface area contributed by atoms with Crippen LogP contribution in [0.25, 0.3) is 5.65 Å². The Bertz CT molecular complexity index is 500. The Kier molecular flexibility index (Phi) is 1.88. The van der Waals surface area contributed by atoms with Gasteiger partial charge < -0.3 is 0 Å². The Morgan fingerprint density at radius 3 is 3.08 bits per heavy atom. The molecule has 68 valence electrons. The standard InChI is InChI=1S/C8H9N3OS/c1-5-7(13-2)10-6-3-4-9-11(6)8(5)12/h3-4,9H,1-2H3. The fraction of sp³-hybridized carbons (Fsp3) is 0.250. The van der Waals surface area contributed by atoms with Gasteiger partial charge in [-0.3, -0.25) is 9.89 Å². The van der Waals surface area contributed by atoms with Gasteiger partial charge in [0, 0.05) is 17.8 Å². The lowest BCUT2D eigenvalue weighted by Crippen LogP contribution is -2.18. The quantitative estimate of drug-likeness (QED) is 0.546. The van der Waals surface area contributed by atoms with E-state index in [4.69, 9.17) is 0 Å². The van der Waals surface area contributed by atoms with Crippen molar-refractivity contribution < 1.29 is 0 Å². The van der Waals surface area contributed by atoms with Crippen molar-refractivity contribution in [3.05, 3.63) is 28.2 Å². The number of hydrogen-bond acceptors (Lipinski definition) is 3. The van der Waals surface area contributed by atoms with E-state index in [-0.39, 0.29) is 5.56 Å². The van der Waals surface area contributed by atoms with Crippen LogP contribution in [0.4, 0.5) is 0 Å². The molecule has 2 aromatic heterocycles. The number of nitrogens with zero attached hydrogens (tertiary/aromatic N) is 2. The predicted molar refractivity (Wildman–Crippen MR) is 52.3 cm³/mol. The van der Waals surface area contributed by atoms with Crippen LogP contribution in [0.3, 0.4) is 0 Å². The Morgan fingerprint density at radius 2 is 2.38 bits per heavy atom. The SMILES string of the molecule is CSc1nc2cc[nH]n2c(=O)c1C. The molecule has 0 radical (unpaired) electrons. The lowest BCUT2D eigenvalue weighted by Gasteiger charge is -2.00. The lowest BCUT2D eigenvalue weighted by molar-refractivity contribution is 0.855. The van der Waals surface area contributed by atoms with Crippen LogP contribution in [-0.4, -0.2) is 20.9 Å². The van der Waals surface area contributed by atoms with E-state index in [1.807, 2.05) is 6.26 Å². The van der Waals surface area contributed by atoms with Crippen LogP contribution in [0.15, 0.2) is 22.1 Å². The van der Waals surface area contributed by atoms with Crippen molar-refractivity contribution in [2.24, 2.45) is 0 Å². The van der Waals surface area contributed by atoms with Gasteiger partial charge in [-0.2, -0.15) is 0 Å². The summed E-state index contributed by atoms with van der Waals surface area (Å²) in [4.78, 5) is 16.0. The topological polar surface area (TPSA) is 50.2 Å². The van der Waals surface area contributed by atoms with E-state index >= 15 is 0 Å². The minimum atomic E-state index is -0.0284. The highest BCUT2D eigenvalue weighted by atomic mass is 32.2. The molecule has 1 N–H and O–H groups in total. The zero-order chi connectivity index (χ0) is 9.42. The molecule has 0 aliphatic carbocycles. The molecule has 0 atom stereocenters. The zero-order valence-corrected chi connectivity index (χ0v) is 8.18. The minimum absolute atomic E-state index is 0.0284. The predicted octanol–water partition coefficient (Wildman–Crippen LogP) is 1.05. The second-order valence-corrected chi connectivity index (χ2v) is 3.50. The van der Waals surface area contributed by atoms with Crippen molar-refractivity contribution in [3.8, 4) is 0 Å². The summed E-state index contributed by atoms with van der Waals surface area (Å²) in [6, 6.07) is 1.78. The number of thioether (sulfide) groups is 1. The molecule has 13 heavy (non-hydrogen) atoms. The fourth-order valence-electron chi connectivity index (χ4n) is 1.22. The molecule has 0 fully saturated rings. The molecule has 2 heterocycles. The highest BCUT2D eigenvalue weighted by molar-refractivity contribution is 7.98. The molecule has 0 bridgehead atoms. The van der Waals surface area contributed by atoms with Crippen LogP contribution >= 0.6 is 11.8 Å². The molecular weight excluding hydrogens is 186 g/mol. The monoisotopic (exact) mass is 195 g/mol. The van der Waals surface area contributed by atoms with E-state index in [2.05, 4.69) is 10.1 Å². The second-order valence-electron chi connectivity index (χ2n) is 2.71. The third-order valence-corrected chi connectivity index (χ3v) is 2.70. The number of rotatable bonds is 1. The molecule has 0 aliphatic heterocycles. The van der Waals surface area contributed by atoms with Gasteiger partial charge in [0.05, 0.1) is 0 Å². The zero-order valence-electron chi connectivity index (χ0n) is 7.37. The van der Waals surface area contributed by atoms with Crippen molar-refractivity contribution in [1.29, 1.82) is 0 Å². The molecule has 0 saturated heterocycles. The Morgan fingerprint density at radius 1 is 1.62 bits per heavy atom. The van der Waals surface area contributed by atoms with Crippen LogP contribution < -0.4 is 5.56 Å². The number of nitrogens with one attached hydrogen (secondary N) is 1. The number of H-pyrrole nitrogens is 1. The van der Waals surface area contributed by atoms with Crippen molar-refractivity contribution in [2.45, 2.75) is 11.9 Å².